The van der Waals surface area contributed by atoms with Gasteiger partial charge in [0.1, 0.15) is 0 Å². The molecule has 1 unspecified atom stereocenters. The van der Waals surface area contributed by atoms with Crippen LogP contribution in [0, 0.1) is 0 Å². The minimum atomic E-state index is 0. The smallest absolute Gasteiger partial charge is 0.220 e. The minimum Gasteiger partial charge on any atom is -0.352 e. The summed E-state index contributed by atoms with van der Waals surface area (Å²) < 4.78 is 0. The fraction of sp³-hybridized carbons (Fsp3) is 0.500. The van der Waals surface area contributed by atoms with Gasteiger partial charge in [-0.25, -0.2) is 0 Å². The van der Waals surface area contributed by atoms with Crippen LogP contribution in [0.25, 0.3) is 0 Å². The fourth-order valence-electron chi connectivity index (χ4n) is 1.04. The molecule has 0 saturated carbocycles. The van der Waals surface area contributed by atoms with E-state index < -0.39 is 0 Å². The molecule has 0 saturated heterocycles. The standard InChI is InChI=1S/C10H16N2OS.ClH/c1-8(11)2-3-10(13)12-6-9-4-5-14-7-9;/h4-5,7-8H,2-3,6,11H2,1H3,(H,12,13);1H. The van der Waals surface area contributed by atoms with E-state index in [0.29, 0.717) is 13.0 Å². The van der Waals surface area contributed by atoms with Crippen molar-refractivity contribution in [2.75, 3.05) is 0 Å². The van der Waals surface area contributed by atoms with Crippen molar-refractivity contribution in [3.8, 4) is 0 Å². The average molecular weight is 249 g/mol. The van der Waals surface area contributed by atoms with Crippen LogP contribution in [0.4, 0.5) is 0 Å². The number of nitrogens with one attached hydrogen (secondary N) is 1. The van der Waals surface area contributed by atoms with E-state index in [-0.39, 0.29) is 24.4 Å². The van der Waals surface area contributed by atoms with Crippen molar-refractivity contribution in [1.29, 1.82) is 0 Å². The van der Waals surface area contributed by atoms with E-state index in [9.17, 15) is 4.79 Å². The quantitative estimate of drug-likeness (QED) is 0.837. The summed E-state index contributed by atoms with van der Waals surface area (Å²) in [6.07, 6.45) is 1.26. The zero-order valence-corrected chi connectivity index (χ0v) is 10.4. The molecular formula is C10H17ClN2OS. The van der Waals surface area contributed by atoms with Crippen LogP contribution in [0.15, 0.2) is 16.8 Å². The van der Waals surface area contributed by atoms with E-state index in [2.05, 4.69) is 5.32 Å². The molecule has 1 heterocycles. The van der Waals surface area contributed by atoms with Gasteiger partial charge >= 0.3 is 0 Å². The summed E-state index contributed by atoms with van der Waals surface area (Å²) in [6, 6.07) is 2.11. The van der Waals surface area contributed by atoms with Crippen molar-refractivity contribution < 1.29 is 4.79 Å². The average Bonchev–Trinajstić information content (AvgIpc) is 2.63. The SMILES string of the molecule is CC(N)CCC(=O)NCc1ccsc1.Cl. The van der Waals surface area contributed by atoms with Gasteiger partial charge in [-0.05, 0) is 35.7 Å². The highest BCUT2D eigenvalue weighted by Crippen LogP contribution is 2.05. The molecule has 0 spiro atoms. The molecule has 0 bridgehead atoms. The maximum Gasteiger partial charge on any atom is 0.220 e. The summed E-state index contributed by atoms with van der Waals surface area (Å²) in [5.74, 6) is 0.0773. The van der Waals surface area contributed by atoms with Crippen LogP contribution in [-0.2, 0) is 11.3 Å². The van der Waals surface area contributed by atoms with Crippen LogP contribution in [0.5, 0.6) is 0 Å². The molecule has 0 fully saturated rings. The highest BCUT2D eigenvalue weighted by Gasteiger charge is 2.03. The Kier molecular flexibility index (Phi) is 7.38. The molecule has 0 aliphatic rings. The number of hydrogen-bond donors (Lipinski definition) is 2. The third-order valence-electron chi connectivity index (χ3n) is 1.90. The zero-order chi connectivity index (χ0) is 10.4. The second-order valence-corrected chi connectivity index (χ2v) is 4.20. The monoisotopic (exact) mass is 248 g/mol. The Morgan fingerprint density at radius 3 is 2.93 bits per heavy atom. The molecule has 86 valence electrons. The summed E-state index contributed by atoms with van der Waals surface area (Å²) in [6.45, 7) is 2.54. The second-order valence-electron chi connectivity index (χ2n) is 3.42. The Morgan fingerprint density at radius 1 is 1.67 bits per heavy atom. The number of nitrogens with two attached hydrogens (primary N) is 1. The van der Waals surface area contributed by atoms with E-state index in [4.69, 9.17) is 5.73 Å². The van der Waals surface area contributed by atoms with Gasteiger partial charge in [0.05, 0.1) is 0 Å². The Morgan fingerprint density at radius 2 is 2.40 bits per heavy atom. The van der Waals surface area contributed by atoms with Gasteiger partial charge in [-0.15, -0.1) is 12.4 Å². The third kappa shape index (κ3) is 6.49. The summed E-state index contributed by atoms with van der Waals surface area (Å²) >= 11 is 1.64. The van der Waals surface area contributed by atoms with Crippen molar-refractivity contribution in [1.82, 2.24) is 5.32 Å². The van der Waals surface area contributed by atoms with E-state index in [1.54, 1.807) is 11.3 Å². The Bertz CT molecular complexity index is 275. The number of hydrogen-bond acceptors (Lipinski definition) is 3. The highest BCUT2D eigenvalue weighted by molar-refractivity contribution is 7.07. The molecule has 3 N–H and O–H groups in total. The first-order chi connectivity index (χ1) is 6.68. The normalized spacial score (nSPS) is 11.6. The molecule has 1 rings (SSSR count). The van der Waals surface area contributed by atoms with Gasteiger partial charge in [-0.1, -0.05) is 0 Å². The summed E-state index contributed by atoms with van der Waals surface area (Å²) in [5, 5.41) is 6.89. The van der Waals surface area contributed by atoms with Crippen molar-refractivity contribution in [3.05, 3.63) is 22.4 Å². The first kappa shape index (κ1) is 14.4. The Balaban J connectivity index is 0.00000196. The van der Waals surface area contributed by atoms with Gasteiger partial charge in [0.15, 0.2) is 0 Å². The van der Waals surface area contributed by atoms with Gasteiger partial charge in [-0.3, -0.25) is 4.79 Å². The van der Waals surface area contributed by atoms with E-state index in [0.717, 1.165) is 12.0 Å². The molecule has 1 aromatic rings. The maximum absolute atomic E-state index is 11.3. The molecule has 1 aromatic heterocycles. The van der Waals surface area contributed by atoms with Crippen molar-refractivity contribution in [2.45, 2.75) is 32.4 Å². The number of carbonyl (C=O) groups excluding carboxylic acids is 1. The lowest BCUT2D eigenvalue weighted by Crippen LogP contribution is -2.25. The molecule has 1 amide bonds. The number of amides is 1. The minimum absolute atomic E-state index is 0. The molecular weight excluding hydrogens is 232 g/mol. The fourth-order valence-corrected chi connectivity index (χ4v) is 1.71. The van der Waals surface area contributed by atoms with Gasteiger partial charge in [0, 0.05) is 19.0 Å². The molecule has 1 atom stereocenters. The molecule has 3 nitrogen and oxygen atoms in total. The van der Waals surface area contributed by atoms with Crippen LogP contribution < -0.4 is 11.1 Å². The van der Waals surface area contributed by atoms with Gasteiger partial charge in [0.2, 0.25) is 5.91 Å². The molecule has 15 heavy (non-hydrogen) atoms. The highest BCUT2D eigenvalue weighted by atomic mass is 35.5. The van der Waals surface area contributed by atoms with E-state index in [1.165, 1.54) is 0 Å². The number of thiophene rings is 1. The van der Waals surface area contributed by atoms with Crippen molar-refractivity contribution in [2.24, 2.45) is 5.73 Å². The van der Waals surface area contributed by atoms with Gasteiger partial charge in [0.25, 0.3) is 0 Å². The van der Waals surface area contributed by atoms with E-state index >= 15 is 0 Å². The molecule has 0 aliphatic heterocycles. The second kappa shape index (κ2) is 7.68. The van der Waals surface area contributed by atoms with Crippen molar-refractivity contribution >= 4 is 29.7 Å². The molecule has 0 aromatic carbocycles. The van der Waals surface area contributed by atoms with Crippen molar-refractivity contribution in [3.63, 3.8) is 0 Å². The number of carbonyl (C=O) groups is 1. The summed E-state index contributed by atoms with van der Waals surface area (Å²) in [5.41, 5.74) is 6.71. The number of rotatable bonds is 5. The summed E-state index contributed by atoms with van der Waals surface area (Å²) in [7, 11) is 0. The van der Waals surface area contributed by atoms with Crippen LogP contribution in [0.2, 0.25) is 0 Å². The largest absolute Gasteiger partial charge is 0.352 e. The van der Waals surface area contributed by atoms with Crippen LogP contribution in [0.3, 0.4) is 0 Å². The first-order valence-corrected chi connectivity index (χ1v) is 5.66. The topological polar surface area (TPSA) is 55.1 Å². The summed E-state index contributed by atoms with van der Waals surface area (Å²) in [4.78, 5) is 11.3. The molecule has 0 aliphatic carbocycles. The zero-order valence-electron chi connectivity index (χ0n) is 8.73. The van der Waals surface area contributed by atoms with Crippen LogP contribution in [0.1, 0.15) is 25.3 Å². The first-order valence-electron chi connectivity index (χ1n) is 4.72. The molecule has 5 heteroatoms. The van der Waals surface area contributed by atoms with Crippen LogP contribution in [-0.4, -0.2) is 11.9 Å². The lowest BCUT2D eigenvalue weighted by molar-refractivity contribution is -0.121. The Labute approximate surface area is 100 Å². The predicted molar refractivity (Wildman–Crippen MR) is 66.3 cm³/mol. The van der Waals surface area contributed by atoms with Gasteiger partial charge in [-0.2, -0.15) is 11.3 Å². The van der Waals surface area contributed by atoms with Crippen LogP contribution >= 0.6 is 23.7 Å². The lowest BCUT2D eigenvalue weighted by Gasteiger charge is -2.05. The number of halogens is 1. The molecule has 0 radical (unpaired) electrons. The lowest BCUT2D eigenvalue weighted by atomic mass is 10.2. The maximum atomic E-state index is 11.3. The Hall–Kier alpha value is -0.580. The third-order valence-corrected chi connectivity index (χ3v) is 2.63. The predicted octanol–water partition coefficient (Wildman–Crippen LogP) is 1.91. The van der Waals surface area contributed by atoms with Gasteiger partial charge < -0.3 is 11.1 Å². The van der Waals surface area contributed by atoms with E-state index in [1.807, 2.05) is 23.8 Å².